The smallest absolute Gasteiger partial charge is 0.0811 e. The van der Waals surface area contributed by atoms with E-state index in [1.165, 1.54) is 25.7 Å². The minimum Gasteiger partial charge on any atom is -0.396 e. The van der Waals surface area contributed by atoms with Crippen molar-refractivity contribution in [1.82, 2.24) is 0 Å². The molecule has 0 amide bonds. The van der Waals surface area contributed by atoms with Crippen molar-refractivity contribution in [3.05, 3.63) is 35.9 Å². The molecule has 1 aromatic carbocycles. The fraction of sp³-hybridized carbons (Fsp3) is 0.647. The average Bonchev–Trinajstić information content (AvgIpc) is 2.49. The maximum Gasteiger partial charge on any atom is 0.0811 e. The van der Waals surface area contributed by atoms with E-state index in [0.29, 0.717) is 6.42 Å². The van der Waals surface area contributed by atoms with Crippen LogP contribution in [0.1, 0.15) is 57.6 Å². The molecule has 114 valence electrons. The molecule has 0 aromatic heterocycles. The maximum absolute atomic E-state index is 9.36. The summed E-state index contributed by atoms with van der Waals surface area (Å²) in [4.78, 5) is 0. The Bertz CT molecular complexity index is 284. The second-order valence-electron chi connectivity index (χ2n) is 4.90. The first-order valence-corrected chi connectivity index (χ1v) is 11.8. The number of unbranched alkanes of at least 4 members (excludes halogenated alkanes) is 2. The van der Waals surface area contributed by atoms with Crippen LogP contribution in [0.4, 0.5) is 0 Å². The molecule has 1 aromatic rings. The zero-order chi connectivity index (χ0) is 15.1. The summed E-state index contributed by atoms with van der Waals surface area (Å²) in [5.41, 5.74) is 0.863. The van der Waals surface area contributed by atoms with E-state index >= 15 is 0 Å². The van der Waals surface area contributed by atoms with Crippen LogP contribution in [0.3, 0.4) is 0 Å². The van der Waals surface area contributed by atoms with Gasteiger partial charge < -0.3 is 10.2 Å². The molecule has 0 aliphatic heterocycles. The Hall–Kier alpha value is -0.0613. The normalized spacial score (nSPS) is 11.6. The van der Waals surface area contributed by atoms with Crippen molar-refractivity contribution in [3.8, 4) is 0 Å². The molecule has 0 aliphatic rings. The monoisotopic (exact) mass is 386 g/mol. The number of aliphatic hydroxyl groups is 2. The van der Waals surface area contributed by atoms with E-state index in [-0.39, 0.29) is 27.7 Å². The molecule has 1 unspecified atom stereocenters. The molecular weight excluding hydrogens is 355 g/mol. The SMILES string of the molecule is CCC[CH2][Sn][CH2]CCC.OCCC(O)c1ccccc1. The Labute approximate surface area is 134 Å². The fourth-order valence-corrected chi connectivity index (χ4v) is 5.85. The molecule has 1 rings (SSSR count). The Morgan fingerprint density at radius 1 is 1.00 bits per heavy atom. The molecule has 0 aliphatic carbocycles. The first kappa shape index (κ1) is 19.9. The summed E-state index contributed by atoms with van der Waals surface area (Å²) in [6.07, 6.45) is 5.72. The zero-order valence-electron chi connectivity index (χ0n) is 13.0. The number of benzene rings is 1. The Morgan fingerprint density at radius 2 is 1.55 bits per heavy atom. The van der Waals surface area contributed by atoms with Gasteiger partial charge in [0, 0.05) is 13.0 Å². The van der Waals surface area contributed by atoms with Crippen LogP contribution in [-0.2, 0) is 0 Å². The van der Waals surface area contributed by atoms with Crippen LogP contribution in [0.5, 0.6) is 0 Å². The number of rotatable bonds is 9. The van der Waals surface area contributed by atoms with Crippen molar-refractivity contribution in [3.63, 3.8) is 0 Å². The van der Waals surface area contributed by atoms with Crippen LogP contribution in [-0.4, -0.2) is 38.0 Å². The second kappa shape index (κ2) is 15.3. The van der Waals surface area contributed by atoms with Crippen LogP contribution in [0.25, 0.3) is 0 Å². The summed E-state index contributed by atoms with van der Waals surface area (Å²) < 4.78 is 3.25. The fourth-order valence-electron chi connectivity index (χ4n) is 1.69. The predicted molar refractivity (Wildman–Crippen MR) is 88.3 cm³/mol. The summed E-state index contributed by atoms with van der Waals surface area (Å²) in [7, 11) is 0. The van der Waals surface area contributed by atoms with E-state index in [1.54, 1.807) is 8.87 Å². The molecule has 2 nitrogen and oxygen atoms in total. The molecule has 2 radical (unpaired) electrons. The minimum absolute atomic E-state index is 0.0239. The molecule has 0 heterocycles. The van der Waals surface area contributed by atoms with Gasteiger partial charge in [0.15, 0.2) is 0 Å². The molecule has 0 saturated carbocycles. The van der Waals surface area contributed by atoms with E-state index in [0.717, 1.165) is 5.56 Å². The first-order chi connectivity index (χ1) is 9.76. The van der Waals surface area contributed by atoms with E-state index in [1.807, 2.05) is 30.3 Å². The average molecular weight is 385 g/mol. The number of aliphatic hydroxyl groups excluding tert-OH is 2. The molecule has 3 heteroatoms. The van der Waals surface area contributed by atoms with E-state index in [9.17, 15) is 5.11 Å². The number of hydrogen-bond acceptors (Lipinski definition) is 2. The number of hydrogen-bond donors (Lipinski definition) is 2. The molecule has 0 fully saturated rings. The van der Waals surface area contributed by atoms with Crippen molar-refractivity contribution in [2.75, 3.05) is 6.61 Å². The quantitative estimate of drug-likeness (QED) is 0.494. The van der Waals surface area contributed by atoms with Crippen molar-refractivity contribution in [2.24, 2.45) is 0 Å². The van der Waals surface area contributed by atoms with Gasteiger partial charge in [-0.05, 0) is 5.56 Å². The zero-order valence-corrected chi connectivity index (χ0v) is 15.9. The third kappa shape index (κ3) is 11.7. The van der Waals surface area contributed by atoms with Crippen LogP contribution in [0.2, 0.25) is 8.87 Å². The molecule has 20 heavy (non-hydrogen) atoms. The summed E-state index contributed by atoms with van der Waals surface area (Å²) in [6, 6.07) is 9.33. The summed E-state index contributed by atoms with van der Waals surface area (Å²) in [5.74, 6) is 0. The third-order valence-electron chi connectivity index (χ3n) is 3.00. The molecule has 2 N–H and O–H groups in total. The van der Waals surface area contributed by atoms with E-state index in [4.69, 9.17) is 5.11 Å². The van der Waals surface area contributed by atoms with Crippen LogP contribution < -0.4 is 0 Å². The van der Waals surface area contributed by atoms with Crippen LogP contribution in [0.15, 0.2) is 30.3 Å². The second-order valence-corrected chi connectivity index (χ2v) is 9.18. The van der Waals surface area contributed by atoms with Gasteiger partial charge in [0.2, 0.25) is 0 Å². The molecular formula is C17H30O2Sn. The van der Waals surface area contributed by atoms with E-state index in [2.05, 4.69) is 13.8 Å². The summed E-state index contributed by atoms with van der Waals surface area (Å²) in [5, 5.41) is 17.9. The first-order valence-electron chi connectivity index (χ1n) is 7.80. The predicted octanol–water partition coefficient (Wildman–Crippen LogP) is 4.23. The molecule has 0 saturated heterocycles. The van der Waals surface area contributed by atoms with Gasteiger partial charge in [-0.25, -0.2) is 0 Å². The van der Waals surface area contributed by atoms with Gasteiger partial charge in [-0.3, -0.25) is 0 Å². The minimum atomic E-state index is -0.527. The van der Waals surface area contributed by atoms with Crippen molar-refractivity contribution in [2.45, 2.75) is 60.9 Å². The van der Waals surface area contributed by atoms with Crippen LogP contribution in [0, 0.1) is 0 Å². The molecule has 1 atom stereocenters. The van der Waals surface area contributed by atoms with Gasteiger partial charge in [-0.15, -0.1) is 0 Å². The van der Waals surface area contributed by atoms with Crippen molar-refractivity contribution >= 4 is 21.1 Å². The van der Waals surface area contributed by atoms with Gasteiger partial charge in [-0.2, -0.15) is 0 Å². The largest absolute Gasteiger partial charge is 0.396 e. The van der Waals surface area contributed by atoms with Crippen molar-refractivity contribution < 1.29 is 10.2 Å². The summed E-state index contributed by atoms with van der Waals surface area (Å²) in [6.45, 7) is 4.61. The Kier molecular flexibility index (Phi) is 15.3. The Morgan fingerprint density at radius 3 is 2.00 bits per heavy atom. The standard InChI is InChI=1S/C9H12O2.2C4H9.Sn/c10-7-6-9(11)8-4-2-1-3-5-8;2*1-3-4-2;/h1-5,9-11H,6-7H2;2*1,3-4H2,2H3;. The van der Waals surface area contributed by atoms with Gasteiger partial charge in [-0.1, -0.05) is 30.3 Å². The van der Waals surface area contributed by atoms with Gasteiger partial charge in [0.1, 0.15) is 0 Å². The van der Waals surface area contributed by atoms with Crippen molar-refractivity contribution in [1.29, 1.82) is 0 Å². The molecule has 0 bridgehead atoms. The summed E-state index contributed by atoms with van der Waals surface area (Å²) >= 11 is 0.149. The van der Waals surface area contributed by atoms with Gasteiger partial charge in [0.25, 0.3) is 0 Å². The van der Waals surface area contributed by atoms with E-state index < -0.39 is 6.10 Å². The van der Waals surface area contributed by atoms with Gasteiger partial charge >= 0.3 is 69.5 Å². The van der Waals surface area contributed by atoms with Gasteiger partial charge in [0.05, 0.1) is 6.10 Å². The van der Waals surface area contributed by atoms with Crippen LogP contribution >= 0.6 is 0 Å². The third-order valence-corrected chi connectivity index (χ3v) is 7.04. The Balaban J connectivity index is 0.000000370. The topological polar surface area (TPSA) is 40.5 Å². The maximum atomic E-state index is 9.36. The molecule has 0 spiro atoms.